The van der Waals surface area contributed by atoms with Crippen LogP contribution in [-0.4, -0.2) is 47.0 Å². The van der Waals surface area contributed by atoms with E-state index in [9.17, 15) is 4.79 Å². The number of nitrogens with zero attached hydrogens (tertiary/aromatic N) is 4. The van der Waals surface area contributed by atoms with Gasteiger partial charge in [0.2, 0.25) is 0 Å². The number of fused-ring (bicyclic) bond motifs is 1. The van der Waals surface area contributed by atoms with Crippen LogP contribution in [0.25, 0.3) is 21.3 Å². The second kappa shape index (κ2) is 7.33. The summed E-state index contributed by atoms with van der Waals surface area (Å²) in [7, 11) is 0. The maximum Gasteiger partial charge on any atom is 0.289 e. The second-order valence-electron chi connectivity index (χ2n) is 7.05. The fourth-order valence-corrected chi connectivity index (χ4v) is 4.75. The third-order valence-corrected chi connectivity index (χ3v) is 6.08. The lowest BCUT2D eigenvalue weighted by Gasteiger charge is -2.35. The van der Waals surface area contributed by atoms with Crippen LogP contribution in [0.2, 0.25) is 0 Å². The standard InChI is InChI=1S/C22H20N4O2S/c1-15-23-20(19-17(14-29-21(19)24-15)16-6-3-2-4-7-16)25-9-11-26(12-10-25)22(27)18-8-5-13-28-18/h2-8,13-14H,9-12H2,1H3. The first-order valence-electron chi connectivity index (χ1n) is 9.60. The largest absolute Gasteiger partial charge is 0.459 e. The minimum atomic E-state index is -0.0563. The highest BCUT2D eigenvalue weighted by molar-refractivity contribution is 7.17. The van der Waals surface area contributed by atoms with Crippen LogP contribution in [0.1, 0.15) is 16.4 Å². The Morgan fingerprint density at radius 3 is 2.55 bits per heavy atom. The summed E-state index contributed by atoms with van der Waals surface area (Å²) in [5, 5.41) is 3.26. The Labute approximate surface area is 172 Å². The number of hydrogen-bond acceptors (Lipinski definition) is 6. The summed E-state index contributed by atoms with van der Waals surface area (Å²) in [5.41, 5.74) is 2.33. The van der Waals surface area contributed by atoms with Gasteiger partial charge in [0.25, 0.3) is 5.91 Å². The van der Waals surface area contributed by atoms with Crippen LogP contribution in [0.3, 0.4) is 0 Å². The van der Waals surface area contributed by atoms with Crippen LogP contribution < -0.4 is 4.90 Å². The van der Waals surface area contributed by atoms with Gasteiger partial charge in [-0.1, -0.05) is 30.3 Å². The Morgan fingerprint density at radius 2 is 1.83 bits per heavy atom. The van der Waals surface area contributed by atoms with E-state index in [4.69, 9.17) is 9.40 Å². The molecule has 4 heterocycles. The third kappa shape index (κ3) is 3.27. The Hall–Kier alpha value is -3.19. The van der Waals surface area contributed by atoms with E-state index in [2.05, 4.69) is 27.4 Å². The van der Waals surface area contributed by atoms with Gasteiger partial charge in [-0.05, 0) is 24.6 Å². The van der Waals surface area contributed by atoms with Gasteiger partial charge in [-0.3, -0.25) is 4.79 Å². The molecule has 0 N–H and O–H groups in total. The summed E-state index contributed by atoms with van der Waals surface area (Å²) < 4.78 is 5.26. The van der Waals surface area contributed by atoms with Gasteiger partial charge in [0.15, 0.2) is 5.76 Å². The van der Waals surface area contributed by atoms with Gasteiger partial charge in [0, 0.05) is 37.1 Å². The van der Waals surface area contributed by atoms with Gasteiger partial charge in [-0.2, -0.15) is 0 Å². The second-order valence-corrected chi connectivity index (χ2v) is 7.90. The molecule has 5 rings (SSSR count). The molecule has 1 aromatic carbocycles. The number of carbonyl (C=O) groups is 1. The van der Waals surface area contributed by atoms with Crippen LogP contribution >= 0.6 is 11.3 Å². The molecular weight excluding hydrogens is 384 g/mol. The molecule has 7 heteroatoms. The van der Waals surface area contributed by atoms with Crippen molar-refractivity contribution in [3.8, 4) is 11.1 Å². The molecule has 0 aliphatic carbocycles. The minimum absolute atomic E-state index is 0.0563. The highest BCUT2D eigenvalue weighted by Crippen LogP contribution is 2.38. The topological polar surface area (TPSA) is 62.5 Å². The van der Waals surface area contributed by atoms with Crippen molar-refractivity contribution in [1.82, 2.24) is 14.9 Å². The molecule has 4 aromatic rings. The van der Waals surface area contributed by atoms with Crippen LogP contribution in [0.5, 0.6) is 0 Å². The number of piperazine rings is 1. The fourth-order valence-electron chi connectivity index (χ4n) is 3.76. The molecule has 0 unspecified atom stereocenters. The predicted octanol–water partition coefficient (Wildman–Crippen LogP) is 4.22. The Balaban J connectivity index is 1.46. The van der Waals surface area contributed by atoms with Gasteiger partial charge < -0.3 is 14.2 Å². The number of furan rings is 1. The SMILES string of the molecule is Cc1nc(N2CCN(C(=O)c3ccco3)CC2)c2c(-c3ccccc3)csc2n1. The first-order chi connectivity index (χ1) is 14.2. The molecule has 0 atom stereocenters. The zero-order valence-corrected chi connectivity index (χ0v) is 16.9. The van der Waals surface area contributed by atoms with Crippen molar-refractivity contribution in [2.24, 2.45) is 0 Å². The van der Waals surface area contributed by atoms with Crippen LogP contribution in [0, 0.1) is 6.92 Å². The van der Waals surface area contributed by atoms with Crippen molar-refractivity contribution in [1.29, 1.82) is 0 Å². The molecule has 1 fully saturated rings. The normalized spacial score (nSPS) is 14.5. The number of rotatable bonds is 3. The molecule has 0 bridgehead atoms. The lowest BCUT2D eigenvalue weighted by Crippen LogP contribution is -2.49. The van der Waals surface area contributed by atoms with Crippen molar-refractivity contribution < 1.29 is 9.21 Å². The van der Waals surface area contributed by atoms with Crippen LogP contribution in [-0.2, 0) is 0 Å². The zero-order chi connectivity index (χ0) is 19.8. The molecule has 1 aliphatic heterocycles. The van der Waals surface area contributed by atoms with E-state index in [0.717, 1.165) is 40.5 Å². The van der Waals surface area contributed by atoms with Crippen molar-refractivity contribution in [2.45, 2.75) is 6.92 Å². The van der Waals surface area contributed by atoms with Crippen molar-refractivity contribution >= 4 is 33.3 Å². The first kappa shape index (κ1) is 17.9. The molecule has 1 aliphatic rings. The van der Waals surface area contributed by atoms with E-state index < -0.39 is 0 Å². The Bertz CT molecular complexity index is 1150. The molecule has 146 valence electrons. The maximum atomic E-state index is 12.6. The average molecular weight is 404 g/mol. The number of aryl methyl sites for hydroxylation is 1. The summed E-state index contributed by atoms with van der Waals surface area (Å²) in [6.07, 6.45) is 1.53. The molecule has 29 heavy (non-hydrogen) atoms. The minimum Gasteiger partial charge on any atom is -0.459 e. The van der Waals surface area contributed by atoms with Gasteiger partial charge in [-0.25, -0.2) is 9.97 Å². The van der Waals surface area contributed by atoms with E-state index in [-0.39, 0.29) is 5.91 Å². The highest BCUT2D eigenvalue weighted by atomic mass is 32.1. The number of thiophene rings is 1. The summed E-state index contributed by atoms with van der Waals surface area (Å²) >= 11 is 1.65. The lowest BCUT2D eigenvalue weighted by molar-refractivity contribution is 0.0714. The van der Waals surface area contributed by atoms with Gasteiger partial charge in [-0.15, -0.1) is 11.3 Å². The van der Waals surface area contributed by atoms with Crippen molar-refractivity contribution in [3.63, 3.8) is 0 Å². The molecule has 6 nitrogen and oxygen atoms in total. The van der Waals surface area contributed by atoms with Gasteiger partial charge in [0.1, 0.15) is 16.5 Å². The summed E-state index contributed by atoms with van der Waals surface area (Å²) in [5.74, 6) is 2.06. The van der Waals surface area contributed by atoms with Gasteiger partial charge in [0.05, 0.1) is 11.6 Å². The number of benzene rings is 1. The smallest absolute Gasteiger partial charge is 0.289 e. The molecular formula is C22H20N4O2S. The molecule has 3 aromatic heterocycles. The number of carbonyl (C=O) groups excluding carboxylic acids is 1. The number of aromatic nitrogens is 2. The Kier molecular flexibility index (Phi) is 4.52. The third-order valence-electron chi connectivity index (χ3n) is 5.21. The summed E-state index contributed by atoms with van der Waals surface area (Å²) in [6.45, 7) is 4.65. The van der Waals surface area contributed by atoms with E-state index in [1.54, 1.807) is 23.5 Å². The Morgan fingerprint density at radius 1 is 1.03 bits per heavy atom. The van der Waals surface area contributed by atoms with E-state index in [0.29, 0.717) is 18.8 Å². The average Bonchev–Trinajstić information content (AvgIpc) is 3.44. The van der Waals surface area contributed by atoms with Crippen LogP contribution in [0.15, 0.2) is 58.5 Å². The van der Waals surface area contributed by atoms with Crippen molar-refractivity contribution in [3.05, 3.63) is 65.7 Å². The number of anilines is 1. The first-order valence-corrected chi connectivity index (χ1v) is 10.5. The highest BCUT2D eigenvalue weighted by Gasteiger charge is 2.26. The van der Waals surface area contributed by atoms with E-state index in [1.807, 2.05) is 30.0 Å². The van der Waals surface area contributed by atoms with Crippen molar-refractivity contribution in [2.75, 3.05) is 31.1 Å². The number of amides is 1. The molecule has 1 saturated heterocycles. The van der Waals surface area contributed by atoms with E-state index >= 15 is 0 Å². The number of hydrogen-bond donors (Lipinski definition) is 0. The predicted molar refractivity (Wildman–Crippen MR) is 114 cm³/mol. The van der Waals surface area contributed by atoms with E-state index in [1.165, 1.54) is 11.8 Å². The maximum absolute atomic E-state index is 12.6. The zero-order valence-electron chi connectivity index (χ0n) is 16.0. The molecule has 0 radical (unpaired) electrons. The molecule has 0 spiro atoms. The van der Waals surface area contributed by atoms with Gasteiger partial charge >= 0.3 is 0 Å². The molecule has 1 amide bonds. The summed E-state index contributed by atoms with van der Waals surface area (Å²) in [4.78, 5) is 27.1. The van der Waals surface area contributed by atoms with Crippen LogP contribution in [0.4, 0.5) is 5.82 Å². The molecule has 0 saturated carbocycles. The fraction of sp³-hybridized carbons (Fsp3) is 0.227. The quantitative estimate of drug-likeness (QED) is 0.512. The summed E-state index contributed by atoms with van der Waals surface area (Å²) in [6, 6.07) is 13.8. The lowest BCUT2D eigenvalue weighted by atomic mass is 10.1. The monoisotopic (exact) mass is 404 g/mol.